The predicted octanol–water partition coefficient (Wildman–Crippen LogP) is 2.05. The molecule has 0 aromatic carbocycles. The molecule has 0 aliphatic heterocycles. The summed E-state index contributed by atoms with van der Waals surface area (Å²) in [6.45, 7) is 9.23. The minimum Gasteiger partial charge on any atom is -0.408 e. The molecule has 0 fully saturated rings. The molecule has 64 valence electrons. The summed E-state index contributed by atoms with van der Waals surface area (Å²) in [4.78, 5) is 0. The highest BCUT2D eigenvalue weighted by atomic mass is 16.6. The standard InChI is InChI=1S/C8H17BO2/c1-4-7-10-9(6-3)11-8-5-2/h6H,3-5,7-8H2,1-2H3. The van der Waals surface area contributed by atoms with E-state index in [9.17, 15) is 0 Å². The van der Waals surface area contributed by atoms with Crippen molar-refractivity contribution in [3.8, 4) is 0 Å². The van der Waals surface area contributed by atoms with Gasteiger partial charge in [0.2, 0.25) is 0 Å². The zero-order valence-electron chi connectivity index (χ0n) is 7.51. The lowest BCUT2D eigenvalue weighted by Gasteiger charge is -2.08. The number of hydrogen-bond acceptors (Lipinski definition) is 2. The van der Waals surface area contributed by atoms with Crippen LogP contribution in [0.3, 0.4) is 0 Å². The quantitative estimate of drug-likeness (QED) is 0.525. The van der Waals surface area contributed by atoms with E-state index in [0.717, 1.165) is 26.1 Å². The molecule has 0 rings (SSSR count). The van der Waals surface area contributed by atoms with Gasteiger partial charge in [0.25, 0.3) is 0 Å². The van der Waals surface area contributed by atoms with Crippen molar-refractivity contribution in [1.82, 2.24) is 0 Å². The van der Waals surface area contributed by atoms with Crippen molar-refractivity contribution in [2.45, 2.75) is 26.7 Å². The predicted molar refractivity (Wildman–Crippen MR) is 48.4 cm³/mol. The number of rotatable bonds is 7. The maximum Gasteiger partial charge on any atom is 0.485 e. The molecule has 0 radical (unpaired) electrons. The van der Waals surface area contributed by atoms with Crippen LogP contribution in [-0.4, -0.2) is 20.3 Å². The van der Waals surface area contributed by atoms with Crippen LogP contribution in [0.4, 0.5) is 0 Å². The van der Waals surface area contributed by atoms with Crippen LogP contribution in [0.5, 0.6) is 0 Å². The average Bonchev–Trinajstić information content (AvgIpc) is 2.05. The second-order valence-electron chi connectivity index (χ2n) is 2.35. The molecule has 0 atom stereocenters. The van der Waals surface area contributed by atoms with E-state index in [0.29, 0.717) is 0 Å². The van der Waals surface area contributed by atoms with Crippen LogP contribution >= 0.6 is 0 Å². The van der Waals surface area contributed by atoms with Gasteiger partial charge >= 0.3 is 7.12 Å². The van der Waals surface area contributed by atoms with Crippen molar-refractivity contribution >= 4 is 7.12 Å². The van der Waals surface area contributed by atoms with Gasteiger partial charge in [0.1, 0.15) is 0 Å². The smallest absolute Gasteiger partial charge is 0.408 e. The highest BCUT2D eigenvalue weighted by Gasteiger charge is 2.10. The van der Waals surface area contributed by atoms with Crippen LogP contribution in [0.2, 0.25) is 0 Å². The van der Waals surface area contributed by atoms with Crippen molar-refractivity contribution in [1.29, 1.82) is 0 Å². The van der Waals surface area contributed by atoms with Crippen molar-refractivity contribution in [3.63, 3.8) is 0 Å². The van der Waals surface area contributed by atoms with Crippen LogP contribution in [-0.2, 0) is 9.31 Å². The van der Waals surface area contributed by atoms with Crippen LogP contribution in [0, 0.1) is 0 Å². The Hall–Kier alpha value is -0.275. The number of hydrogen-bond donors (Lipinski definition) is 0. The van der Waals surface area contributed by atoms with E-state index in [2.05, 4.69) is 20.4 Å². The largest absolute Gasteiger partial charge is 0.485 e. The third-order valence-electron chi connectivity index (χ3n) is 1.16. The van der Waals surface area contributed by atoms with Crippen LogP contribution in [0.1, 0.15) is 26.7 Å². The molecule has 3 heteroatoms. The highest BCUT2D eigenvalue weighted by Crippen LogP contribution is 1.93. The third kappa shape index (κ3) is 6.14. The maximum absolute atomic E-state index is 5.30. The summed E-state index contributed by atoms with van der Waals surface area (Å²) in [5.74, 6) is 1.69. The van der Waals surface area contributed by atoms with Gasteiger partial charge in [0, 0.05) is 13.2 Å². The summed E-state index contributed by atoms with van der Waals surface area (Å²) < 4.78 is 10.6. The van der Waals surface area contributed by atoms with E-state index in [-0.39, 0.29) is 7.12 Å². The fraction of sp³-hybridized carbons (Fsp3) is 0.750. The second-order valence-corrected chi connectivity index (χ2v) is 2.35. The van der Waals surface area contributed by atoms with Crippen LogP contribution in [0.15, 0.2) is 12.6 Å². The molecule has 0 N–H and O–H groups in total. The molecule has 2 nitrogen and oxygen atoms in total. The molecule has 0 amide bonds. The van der Waals surface area contributed by atoms with E-state index in [1.54, 1.807) is 5.98 Å². The Balaban J connectivity index is 3.33. The average molecular weight is 156 g/mol. The van der Waals surface area contributed by atoms with E-state index in [1.165, 1.54) is 0 Å². The highest BCUT2D eigenvalue weighted by molar-refractivity contribution is 6.50. The molecule has 11 heavy (non-hydrogen) atoms. The van der Waals surface area contributed by atoms with Gasteiger partial charge < -0.3 is 9.31 Å². The molecular formula is C8H17BO2. The first-order valence-electron chi connectivity index (χ1n) is 4.20. The van der Waals surface area contributed by atoms with E-state index in [4.69, 9.17) is 9.31 Å². The molecule has 0 unspecified atom stereocenters. The molecule has 0 saturated carbocycles. The third-order valence-corrected chi connectivity index (χ3v) is 1.16. The molecule has 0 heterocycles. The van der Waals surface area contributed by atoms with Crippen LogP contribution in [0.25, 0.3) is 0 Å². The summed E-state index contributed by atoms with van der Waals surface area (Å²) in [5, 5.41) is 0. The molecule has 0 bridgehead atoms. The second kappa shape index (κ2) is 7.83. The zero-order valence-corrected chi connectivity index (χ0v) is 7.51. The van der Waals surface area contributed by atoms with Crippen molar-refractivity contribution < 1.29 is 9.31 Å². The summed E-state index contributed by atoms with van der Waals surface area (Å²) in [6.07, 6.45) is 2.03. The van der Waals surface area contributed by atoms with Crippen molar-refractivity contribution in [3.05, 3.63) is 12.6 Å². The summed E-state index contributed by atoms with van der Waals surface area (Å²) in [5.41, 5.74) is 0. The van der Waals surface area contributed by atoms with Gasteiger partial charge in [-0.1, -0.05) is 19.8 Å². The molecule has 0 spiro atoms. The van der Waals surface area contributed by atoms with Gasteiger partial charge in [-0.25, -0.2) is 0 Å². The van der Waals surface area contributed by atoms with Crippen molar-refractivity contribution in [2.75, 3.05) is 13.2 Å². The molecule has 0 aromatic rings. The van der Waals surface area contributed by atoms with Gasteiger partial charge in [-0.2, -0.15) is 0 Å². The molecule has 0 aliphatic carbocycles. The van der Waals surface area contributed by atoms with Gasteiger partial charge in [0.15, 0.2) is 0 Å². The minimum atomic E-state index is -0.213. The molecular weight excluding hydrogens is 139 g/mol. The first kappa shape index (κ1) is 10.7. The van der Waals surface area contributed by atoms with Gasteiger partial charge in [-0.15, -0.1) is 6.58 Å². The van der Waals surface area contributed by atoms with Crippen molar-refractivity contribution in [2.24, 2.45) is 0 Å². The SMILES string of the molecule is C=CB(OCCC)OCCC. The Morgan fingerprint density at radius 3 is 1.91 bits per heavy atom. The molecule has 0 aliphatic rings. The monoisotopic (exact) mass is 156 g/mol. The van der Waals surface area contributed by atoms with Gasteiger partial charge in [-0.05, 0) is 12.8 Å². The van der Waals surface area contributed by atoms with Crippen LogP contribution < -0.4 is 0 Å². The maximum atomic E-state index is 5.30. The lowest BCUT2D eigenvalue weighted by atomic mass is 9.91. The first-order valence-corrected chi connectivity index (χ1v) is 4.20. The topological polar surface area (TPSA) is 18.5 Å². The Bertz CT molecular complexity index is 88.1. The van der Waals surface area contributed by atoms with E-state index in [1.807, 2.05) is 0 Å². The van der Waals surface area contributed by atoms with Gasteiger partial charge in [0.05, 0.1) is 0 Å². The fourth-order valence-corrected chi connectivity index (χ4v) is 0.652. The summed E-state index contributed by atoms with van der Waals surface area (Å²) in [7, 11) is -0.213. The lowest BCUT2D eigenvalue weighted by molar-refractivity contribution is 0.206. The normalized spacial score (nSPS) is 9.64. The molecule has 0 aromatic heterocycles. The van der Waals surface area contributed by atoms with E-state index < -0.39 is 0 Å². The van der Waals surface area contributed by atoms with E-state index >= 15 is 0 Å². The molecule has 0 saturated heterocycles. The lowest BCUT2D eigenvalue weighted by Crippen LogP contribution is -2.21. The Morgan fingerprint density at radius 2 is 1.64 bits per heavy atom. The fourth-order valence-electron chi connectivity index (χ4n) is 0.652. The summed E-state index contributed by atoms with van der Waals surface area (Å²) in [6, 6.07) is 0. The van der Waals surface area contributed by atoms with Gasteiger partial charge in [-0.3, -0.25) is 0 Å². The summed E-state index contributed by atoms with van der Waals surface area (Å²) >= 11 is 0. The zero-order chi connectivity index (χ0) is 8.53. The first-order chi connectivity index (χ1) is 5.35. The Labute approximate surface area is 69.7 Å². The Kier molecular flexibility index (Phi) is 7.63. The minimum absolute atomic E-state index is 0.213. The Morgan fingerprint density at radius 1 is 1.18 bits per heavy atom.